The zero-order valence-electron chi connectivity index (χ0n) is 9.91. The van der Waals surface area contributed by atoms with Gasteiger partial charge in [-0.3, -0.25) is 0 Å². The molecule has 0 spiro atoms. The second kappa shape index (κ2) is 7.85. The molecule has 0 aliphatic heterocycles. The number of ether oxygens (including phenoxy) is 2. The molecule has 0 saturated heterocycles. The lowest BCUT2D eigenvalue weighted by Crippen LogP contribution is -2.40. The molecule has 2 amide bonds. The highest BCUT2D eigenvalue weighted by molar-refractivity contribution is 7.81. The third-order valence-electron chi connectivity index (χ3n) is 1.65. The molecular formula is C8H16N2O6S. The van der Waals surface area contributed by atoms with E-state index in [1.807, 2.05) is 0 Å². The Kier molecular flexibility index (Phi) is 7.22. The monoisotopic (exact) mass is 268 g/mol. The van der Waals surface area contributed by atoms with Crippen molar-refractivity contribution in [3.8, 4) is 0 Å². The van der Waals surface area contributed by atoms with E-state index in [9.17, 15) is 13.8 Å². The Morgan fingerprint density at radius 3 is 2.29 bits per heavy atom. The maximum absolute atomic E-state index is 11.5. The molecule has 0 aromatic rings. The van der Waals surface area contributed by atoms with E-state index in [4.69, 9.17) is 14.6 Å². The van der Waals surface area contributed by atoms with Crippen LogP contribution in [0, 0.1) is 0 Å². The van der Waals surface area contributed by atoms with Crippen molar-refractivity contribution in [3.63, 3.8) is 0 Å². The van der Waals surface area contributed by atoms with Crippen LogP contribution in [0.3, 0.4) is 0 Å². The van der Waals surface area contributed by atoms with Crippen LogP contribution < -0.4 is 0 Å². The summed E-state index contributed by atoms with van der Waals surface area (Å²) in [5, 5.41) is 8.56. The number of amides is 2. The van der Waals surface area contributed by atoms with Crippen molar-refractivity contribution in [1.82, 2.24) is 8.61 Å². The fourth-order valence-corrected chi connectivity index (χ4v) is 1.42. The van der Waals surface area contributed by atoms with Gasteiger partial charge < -0.3 is 14.6 Å². The van der Waals surface area contributed by atoms with E-state index in [0.717, 1.165) is 7.05 Å². The second-order valence-electron chi connectivity index (χ2n) is 2.82. The highest BCUT2D eigenvalue weighted by Crippen LogP contribution is 2.01. The summed E-state index contributed by atoms with van der Waals surface area (Å²) in [6.45, 7) is 2.55. The molecule has 0 fully saturated rings. The molecule has 0 aromatic carbocycles. The molecule has 0 rings (SSSR count). The lowest BCUT2D eigenvalue weighted by molar-refractivity contribution is 0.0721. The summed E-state index contributed by atoms with van der Waals surface area (Å²) in [6.07, 6.45) is -2.28. The fraction of sp³-hybridized carbons (Fsp3) is 0.750. The van der Waals surface area contributed by atoms with Crippen LogP contribution in [-0.2, 0) is 20.6 Å². The van der Waals surface area contributed by atoms with E-state index in [1.54, 1.807) is 6.92 Å². The van der Waals surface area contributed by atoms with Crippen LogP contribution in [-0.4, -0.2) is 64.0 Å². The van der Waals surface area contributed by atoms with E-state index < -0.39 is 23.4 Å². The largest absolute Gasteiger partial charge is 0.464 e. The van der Waals surface area contributed by atoms with Crippen molar-refractivity contribution >= 4 is 23.4 Å². The van der Waals surface area contributed by atoms with E-state index >= 15 is 0 Å². The second-order valence-corrected chi connectivity index (χ2v) is 4.38. The summed E-state index contributed by atoms with van der Waals surface area (Å²) in [7, 11) is 2.26. The van der Waals surface area contributed by atoms with E-state index in [0.29, 0.717) is 15.2 Å². The Morgan fingerprint density at radius 2 is 1.82 bits per heavy atom. The van der Waals surface area contributed by atoms with Gasteiger partial charge in [0.25, 0.3) is 0 Å². The van der Waals surface area contributed by atoms with Crippen LogP contribution in [0.2, 0.25) is 0 Å². The molecule has 100 valence electrons. The van der Waals surface area contributed by atoms with Gasteiger partial charge in [-0.1, -0.05) is 0 Å². The minimum absolute atomic E-state index is 0.0188. The lowest BCUT2D eigenvalue weighted by atomic mass is 10.7. The molecule has 0 bridgehead atoms. The number of carboxylic acid groups (broad SMARTS) is 1. The number of carbonyl (C=O) groups is 2. The number of carbonyl (C=O) groups excluding carboxylic acids is 1. The summed E-state index contributed by atoms with van der Waals surface area (Å²) < 4.78 is 22.3. The zero-order valence-corrected chi connectivity index (χ0v) is 10.7. The van der Waals surface area contributed by atoms with E-state index in [2.05, 4.69) is 0 Å². The van der Waals surface area contributed by atoms with Gasteiger partial charge in [0.15, 0.2) is 0 Å². The van der Waals surface area contributed by atoms with E-state index in [-0.39, 0.29) is 13.2 Å². The first-order chi connectivity index (χ1) is 7.91. The Labute approximate surface area is 102 Å². The Bertz CT molecular complexity index is 298. The van der Waals surface area contributed by atoms with E-state index in [1.165, 1.54) is 7.05 Å². The molecule has 0 aliphatic carbocycles. The molecule has 17 heavy (non-hydrogen) atoms. The van der Waals surface area contributed by atoms with Gasteiger partial charge >= 0.3 is 12.2 Å². The van der Waals surface area contributed by atoms with Crippen LogP contribution in [0.5, 0.6) is 0 Å². The fourth-order valence-electron chi connectivity index (χ4n) is 0.737. The molecular weight excluding hydrogens is 252 g/mol. The molecule has 0 saturated carbocycles. The molecule has 0 aliphatic rings. The van der Waals surface area contributed by atoms with Gasteiger partial charge in [-0.25, -0.2) is 22.4 Å². The molecule has 0 heterocycles. The van der Waals surface area contributed by atoms with Gasteiger partial charge in [0, 0.05) is 20.7 Å². The maximum Gasteiger partial charge on any atom is 0.422 e. The van der Waals surface area contributed by atoms with Gasteiger partial charge in [0.1, 0.15) is 6.61 Å². The van der Waals surface area contributed by atoms with Crippen molar-refractivity contribution in [2.24, 2.45) is 0 Å². The quantitative estimate of drug-likeness (QED) is 0.695. The van der Waals surface area contributed by atoms with Crippen LogP contribution in [0.4, 0.5) is 9.59 Å². The van der Waals surface area contributed by atoms with Crippen molar-refractivity contribution in [2.75, 3.05) is 33.9 Å². The molecule has 0 radical (unpaired) electrons. The number of rotatable bonds is 6. The Hall–Kier alpha value is -1.35. The summed E-state index contributed by atoms with van der Waals surface area (Å²) in [5.74, 6) is 0. The Balaban J connectivity index is 4.12. The normalized spacial score (nSPS) is 11.7. The summed E-state index contributed by atoms with van der Waals surface area (Å²) >= 11 is -2.13. The van der Waals surface area contributed by atoms with Crippen molar-refractivity contribution in [2.45, 2.75) is 6.92 Å². The predicted molar refractivity (Wildman–Crippen MR) is 59.5 cm³/mol. The zero-order chi connectivity index (χ0) is 13.4. The lowest BCUT2D eigenvalue weighted by Gasteiger charge is -2.20. The smallest absolute Gasteiger partial charge is 0.422 e. The van der Waals surface area contributed by atoms with Gasteiger partial charge in [-0.15, -0.1) is 0 Å². The van der Waals surface area contributed by atoms with Crippen LogP contribution in [0.25, 0.3) is 0 Å². The van der Waals surface area contributed by atoms with Crippen LogP contribution >= 0.6 is 0 Å². The average molecular weight is 268 g/mol. The molecule has 0 aromatic heterocycles. The minimum Gasteiger partial charge on any atom is -0.464 e. The average Bonchev–Trinajstić information content (AvgIpc) is 2.31. The minimum atomic E-state index is -2.13. The standard InChI is InChI=1S/C8H16N2O6S/c1-4-15-5-6-16-8(13)10(3)17(14)9(2)7(11)12/h4-6H2,1-3H3,(H,11,12). The molecule has 1 N–H and O–H groups in total. The first-order valence-corrected chi connectivity index (χ1v) is 5.85. The first-order valence-electron chi connectivity index (χ1n) is 4.78. The molecule has 1 unspecified atom stereocenters. The summed E-state index contributed by atoms with van der Waals surface area (Å²) in [6, 6.07) is 0. The van der Waals surface area contributed by atoms with Gasteiger partial charge in [0.2, 0.25) is 11.2 Å². The van der Waals surface area contributed by atoms with Crippen LogP contribution in [0.15, 0.2) is 0 Å². The third kappa shape index (κ3) is 5.50. The van der Waals surface area contributed by atoms with Crippen molar-refractivity contribution in [1.29, 1.82) is 0 Å². The molecule has 8 nitrogen and oxygen atoms in total. The Morgan fingerprint density at radius 1 is 1.24 bits per heavy atom. The number of hydrogen-bond donors (Lipinski definition) is 1. The maximum atomic E-state index is 11.5. The van der Waals surface area contributed by atoms with Gasteiger partial charge in [-0.05, 0) is 6.92 Å². The molecule has 9 heteroatoms. The summed E-state index contributed by atoms with van der Waals surface area (Å²) in [4.78, 5) is 21.8. The highest BCUT2D eigenvalue weighted by atomic mass is 32.2. The molecule has 1 atom stereocenters. The topological polar surface area (TPSA) is 96.4 Å². The van der Waals surface area contributed by atoms with Crippen LogP contribution in [0.1, 0.15) is 6.92 Å². The van der Waals surface area contributed by atoms with Crippen molar-refractivity contribution in [3.05, 3.63) is 0 Å². The highest BCUT2D eigenvalue weighted by Gasteiger charge is 2.23. The first kappa shape index (κ1) is 15.7. The third-order valence-corrected chi connectivity index (χ3v) is 2.89. The van der Waals surface area contributed by atoms with Gasteiger partial charge in [0.05, 0.1) is 6.61 Å². The van der Waals surface area contributed by atoms with Gasteiger partial charge in [-0.2, -0.15) is 0 Å². The number of hydrogen-bond acceptors (Lipinski definition) is 5. The van der Waals surface area contributed by atoms with Crippen molar-refractivity contribution < 1.29 is 28.4 Å². The predicted octanol–water partition coefficient (Wildman–Crippen LogP) is 0.280. The SMILES string of the molecule is CCOCCOC(=O)N(C)S(=O)N(C)C(=O)O. The summed E-state index contributed by atoms with van der Waals surface area (Å²) in [5.41, 5.74) is 0. The number of nitrogens with zero attached hydrogens (tertiary/aromatic N) is 2.